The second kappa shape index (κ2) is 6.53. The Labute approximate surface area is 116 Å². The van der Waals surface area contributed by atoms with Gasteiger partial charge in [0, 0.05) is 12.1 Å². The number of hydrogen-bond donors (Lipinski definition) is 1. The van der Waals surface area contributed by atoms with Gasteiger partial charge < -0.3 is 5.32 Å². The zero-order valence-corrected chi connectivity index (χ0v) is 12.3. The van der Waals surface area contributed by atoms with Crippen LogP contribution in [-0.2, 0) is 16.3 Å². The van der Waals surface area contributed by atoms with Gasteiger partial charge in [0.25, 0.3) is 0 Å². The highest BCUT2D eigenvalue weighted by Gasteiger charge is 2.24. The molecule has 0 aliphatic carbocycles. The topological polar surface area (TPSA) is 46.2 Å². The van der Waals surface area contributed by atoms with Crippen LogP contribution in [0.4, 0.5) is 0 Å². The quantitative estimate of drug-likeness (QED) is 0.900. The van der Waals surface area contributed by atoms with Gasteiger partial charge in [-0.2, -0.15) is 0 Å². The summed E-state index contributed by atoms with van der Waals surface area (Å²) in [5.74, 6) is 0.679. The number of rotatable bonds is 5. The van der Waals surface area contributed by atoms with Crippen molar-refractivity contribution in [3.8, 4) is 0 Å². The third-order valence-electron chi connectivity index (χ3n) is 3.84. The standard InChI is InChI=1S/C15H23NO2S/c1-2-14(12-13-6-4-3-5-7-13)16-15-8-10-19(17,18)11-9-15/h3-7,14-16H,2,8-12H2,1H3. The summed E-state index contributed by atoms with van der Waals surface area (Å²) in [5.41, 5.74) is 1.34. The maximum absolute atomic E-state index is 11.4. The van der Waals surface area contributed by atoms with E-state index in [1.807, 2.05) is 6.07 Å². The van der Waals surface area contributed by atoms with E-state index in [1.54, 1.807) is 0 Å². The Morgan fingerprint density at radius 1 is 1.21 bits per heavy atom. The molecule has 1 atom stereocenters. The van der Waals surface area contributed by atoms with Crippen LogP contribution in [0.3, 0.4) is 0 Å². The second-order valence-corrected chi connectivity index (χ2v) is 7.69. The van der Waals surface area contributed by atoms with Crippen LogP contribution in [0.1, 0.15) is 31.7 Å². The van der Waals surface area contributed by atoms with E-state index < -0.39 is 9.84 Å². The first-order valence-corrected chi connectivity index (χ1v) is 8.91. The van der Waals surface area contributed by atoms with Crippen LogP contribution in [0.2, 0.25) is 0 Å². The molecule has 1 aromatic rings. The van der Waals surface area contributed by atoms with Gasteiger partial charge >= 0.3 is 0 Å². The van der Waals surface area contributed by atoms with Gasteiger partial charge in [-0.05, 0) is 31.2 Å². The Hall–Kier alpha value is -0.870. The molecule has 1 aliphatic rings. The average Bonchev–Trinajstić information content (AvgIpc) is 2.41. The van der Waals surface area contributed by atoms with E-state index in [-0.39, 0.29) is 0 Å². The smallest absolute Gasteiger partial charge is 0.150 e. The molecular formula is C15H23NO2S. The third kappa shape index (κ3) is 4.62. The highest BCUT2D eigenvalue weighted by Crippen LogP contribution is 2.14. The summed E-state index contributed by atoms with van der Waals surface area (Å²) in [5, 5.41) is 3.63. The van der Waals surface area contributed by atoms with Crippen LogP contribution >= 0.6 is 0 Å². The molecule has 1 N–H and O–H groups in total. The summed E-state index contributed by atoms with van der Waals surface area (Å²) in [6.45, 7) is 2.18. The Morgan fingerprint density at radius 3 is 2.42 bits per heavy atom. The van der Waals surface area contributed by atoms with Gasteiger partial charge in [-0.25, -0.2) is 8.42 Å². The van der Waals surface area contributed by atoms with Crippen LogP contribution in [0, 0.1) is 0 Å². The van der Waals surface area contributed by atoms with Crippen molar-refractivity contribution in [2.45, 2.75) is 44.7 Å². The van der Waals surface area contributed by atoms with E-state index in [0.29, 0.717) is 23.6 Å². The first-order valence-electron chi connectivity index (χ1n) is 7.09. The molecule has 1 fully saturated rings. The number of benzene rings is 1. The Balaban J connectivity index is 1.86. The average molecular weight is 281 g/mol. The highest BCUT2D eigenvalue weighted by atomic mass is 32.2. The molecule has 0 radical (unpaired) electrons. The largest absolute Gasteiger partial charge is 0.311 e. The van der Waals surface area contributed by atoms with Gasteiger partial charge in [0.15, 0.2) is 0 Å². The maximum atomic E-state index is 11.4. The van der Waals surface area contributed by atoms with Gasteiger partial charge in [0.1, 0.15) is 9.84 Å². The fourth-order valence-corrected chi connectivity index (χ4v) is 4.10. The number of hydrogen-bond acceptors (Lipinski definition) is 3. The normalized spacial score (nSPS) is 21.1. The molecule has 3 nitrogen and oxygen atoms in total. The summed E-state index contributed by atoms with van der Waals surface area (Å²) in [6.07, 6.45) is 3.60. The lowest BCUT2D eigenvalue weighted by atomic mass is 10.0. The van der Waals surface area contributed by atoms with Crippen LogP contribution < -0.4 is 5.32 Å². The van der Waals surface area contributed by atoms with Gasteiger partial charge in [-0.15, -0.1) is 0 Å². The molecular weight excluding hydrogens is 258 g/mol. The first kappa shape index (κ1) is 14.5. The highest BCUT2D eigenvalue weighted by molar-refractivity contribution is 7.91. The van der Waals surface area contributed by atoms with Gasteiger partial charge in [0.2, 0.25) is 0 Å². The van der Waals surface area contributed by atoms with Crippen LogP contribution in [0.15, 0.2) is 30.3 Å². The van der Waals surface area contributed by atoms with Gasteiger partial charge in [-0.3, -0.25) is 0 Å². The molecule has 1 unspecified atom stereocenters. The van der Waals surface area contributed by atoms with E-state index in [1.165, 1.54) is 5.56 Å². The molecule has 0 bridgehead atoms. The Morgan fingerprint density at radius 2 is 1.84 bits per heavy atom. The predicted octanol–water partition coefficient (Wildman–Crippen LogP) is 2.17. The monoisotopic (exact) mass is 281 g/mol. The lowest BCUT2D eigenvalue weighted by Crippen LogP contribution is -2.43. The molecule has 1 heterocycles. The number of sulfone groups is 1. The molecule has 0 amide bonds. The SMILES string of the molecule is CCC(Cc1ccccc1)NC1CCS(=O)(=O)CC1. The minimum Gasteiger partial charge on any atom is -0.311 e. The van der Waals surface area contributed by atoms with Crippen molar-refractivity contribution >= 4 is 9.84 Å². The van der Waals surface area contributed by atoms with Crippen molar-refractivity contribution in [1.29, 1.82) is 0 Å². The van der Waals surface area contributed by atoms with Crippen molar-refractivity contribution in [3.63, 3.8) is 0 Å². The molecule has 1 aromatic carbocycles. The van der Waals surface area contributed by atoms with Gasteiger partial charge in [0.05, 0.1) is 11.5 Å². The van der Waals surface area contributed by atoms with Crippen LogP contribution in [-0.4, -0.2) is 32.0 Å². The maximum Gasteiger partial charge on any atom is 0.150 e. The lowest BCUT2D eigenvalue weighted by molar-refractivity contribution is 0.388. The van der Waals surface area contributed by atoms with E-state index in [4.69, 9.17) is 0 Å². The van der Waals surface area contributed by atoms with Crippen LogP contribution in [0.25, 0.3) is 0 Å². The minimum atomic E-state index is -2.76. The second-order valence-electron chi connectivity index (χ2n) is 5.39. The summed E-state index contributed by atoms with van der Waals surface area (Å²) in [6, 6.07) is 11.3. The van der Waals surface area contributed by atoms with E-state index in [0.717, 1.165) is 25.7 Å². The molecule has 1 saturated heterocycles. The fourth-order valence-electron chi connectivity index (χ4n) is 2.61. The van der Waals surface area contributed by atoms with Crippen molar-refractivity contribution in [2.24, 2.45) is 0 Å². The van der Waals surface area contributed by atoms with Crippen molar-refractivity contribution in [2.75, 3.05) is 11.5 Å². The zero-order chi connectivity index (χ0) is 13.7. The summed E-state index contributed by atoms with van der Waals surface area (Å²) in [4.78, 5) is 0. The Kier molecular flexibility index (Phi) is 4.99. The molecule has 4 heteroatoms. The lowest BCUT2D eigenvalue weighted by Gasteiger charge is -2.28. The minimum absolute atomic E-state index is 0.340. The summed E-state index contributed by atoms with van der Waals surface area (Å²) >= 11 is 0. The predicted molar refractivity (Wildman–Crippen MR) is 79.0 cm³/mol. The fraction of sp³-hybridized carbons (Fsp3) is 0.600. The van der Waals surface area contributed by atoms with E-state index in [9.17, 15) is 8.42 Å². The Bertz CT molecular complexity index is 470. The van der Waals surface area contributed by atoms with E-state index in [2.05, 4.69) is 36.5 Å². The van der Waals surface area contributed by atoms with Crippen molar-refractivity contribution in [1.82, 2.24) is 5.32 Å². The zero-order valence-electron chi connectivity index (χ0n) is 11.5. The van der Waals surface area contributed by atoms with E-state index >= 15 is 0 Å². The molecule has 2 rings (SSSR count). The van der Waals surface area contributed by atoms with Crippen molar-refractivity contribution < 1.29 is 8.42 Å². The summed E-state index contributed by atoms with van der Waals surface area (Å²) in [7, 11) is -2.76. The first-order chi connectivity index (χ1) is 9.09. The third-order valence-corrected chi connectivity index (χ3v) is 5.56. The molecule has 0 saturated carbocycles. The number of nitrogens with one attached hydrogen (secondary N) is 1. The molecule has 0 aromatic heterocycles. The molecule has 1 aliphatic heterocycles. The molecule has 0 spiro atoms. The van der Waals surface area contributed by atoms with Crippen LogP contribution in [0.5, 0.6) is 0 Å². The summed E-state index contributed by atoms with van der Waals surface area (Å²) < 4.78 is 22.8. The van der Waals surface area contributed by atoms with Crippen molar-refractivity contribution in [3.05, 3.63) is 35.9 Å². The molecule has 106 valence electrons. The van der Waals surface area contributed by atoms with Gasteiger partial charge in [-0.1, -0.05) is 37.3 Å². The molecule has 19 heavy (non-hydrogen) atoms.